The van der Waals surface area contributed by atoms with Crippen LogP contribution >= 0.6 is 35.3 Å². The van der Waals surface area contributed by atoms with Gasteiger partial charge in [0.2, 0.25) is 0 Å². The van der Waals surface area contributed by atoms with Crippen molar-refractivity contribution >= 4 is 41.3 Å². The van der Waals surface area contributed by atoms with E-state index in [1.807, 2.05) is 13.0 Å². The molecule has 1 aromatic heterocycles. The van der Waals surface area contributed by atoms with Gasteiger partial charge < -0.3 is 15.7 Å². The standard InChI is InChI=1S/C13H21N3OS.HI/c1-2-14-12(15-9-11-5-3-8-18-11)16-10-13(17)6-4-7-13;/h3,5,8,17H,2,4,6-7,9-10H2,1H3,(H2,14,15,16);1H. The lowest BCUT2D eigenvalue weighted by atomic mass is 9.80. The topological polar surface area (TPSA) is 56.7 Å². The molecule has 1 fully saturated rings. The maximum Gasteiger partial charge on any atom is 0.191 e. The molecule has 0 unspecified atom stereocenters. The minimum absolute atomic E-state index is 0. The molecular formula is C13H22IN3OS. The Hall–Kier alpha value is -0.340. The summed E-state index contributed by atoms with van der Waals surface area (Å²) in [6.45, 7) is 4.14. The Labute approximate surface area is 135 Å². The van der Waals surface area contributed by atoms with Gasteiger partial charge in [0.05, 0.1) is 12.1 Å². The predicted molar refractivity (Wildman–Crippen MR) is 91.4 cm³/mol. The maximum atomic E-state index is 10.0. The van der Waals surface area contributed by atoms with Crippen LogP contribution in [0.25, 0.3) is 0 Å². The van der Waals surface area contributed by atoms with Crippen molar-refractivity contribution in [1.82, 2.24) is 10.6 Å². The van der Waals surface area contributed by atoms with Crippen molar-refractivity contribution in [2.24, 2.45) is 4.99 Å². The highest BCUT2D eigenvalue weighted by Gasteiger charge is 2.34. The van der Waals surface area contributed by atoms with Crippen molar-refractivity contribution in [3.05, 3.63) is 22.4 Å². The first-order chi connectivity index (χ1) is 8.72. The molecule has 1 heterocycles. The van der Waals surface area contributed by atoms with Gasteiger partial charge in [-0.2, -0.15) is 0 Å². The van der Waals surface area contributed by atoms with Gasteiger partial charge >= 0.3 is 0 Å². The van der Waals surface area contributed by atoms with Crippen molar-refractivity contribution in [2.75, 3.05) is 13.1 Å². The summed E-state index contributed by atoms with van der Waals surface area (Å²) in [5.74, 6) is 0.784. The maximum absolute atomic E-state index is 10.0. The van der Waals surface area contributed by atoms with Gasteiger partial charge in [-0.3, -0.25) is 0 Å². The first kappa shape index (κ1) is 16.7. The van der Waals surface area contributed by atoms with E-state index in [9.17, 15) is 5.11 Å². The third-order valence-electron chi connectivity index (χ3n) is 3.19. The molecular weight excluding hydrogens is 373 g/mol. The van der Waals surface area contributed by atoms with Gasteiger partial charge in [-0.15, -0.1) is 35.3 Å². The monoisotopic (exact) mass is 395 g/mol. The van der Waals surface area contributed by atoms with E-state index in [2.05, 4.69) is 27.1 Å². The van der Waals surface area contributed by atoms with E-state index in [-0.39, 0.29) is 24.0 Å². The van der Waals surface area contributed by atoms with E-state index in [4.69, 9.17) is 0 Å². The van der Waals surface area contributed by atoms with Crippen molar-refractivity contribution in [2.45, 2.75) is 38.3 Å². The molecule has 1 aliphatic rings. The van der Waals surface area contributed by atoms with Gasteiger partial charge in [0.1, 0.15) is 0 Å². The van der Waals surface area contributed by atoms with Gasteiger partial charge in [-0.1, -0.05) is 6.07 Å². The van der Waals surface area contributed by atoms with Crippen LogP contribution in [-0.2, 0) is 6.54 Å². The van der Waals surface area contributed by atoms with Crippen LogP contribution < -0.4 is 10.6 Å². The number of hydrogen-bond donors (Lipinski definition) is 3. The van der Waals surface area contributed by atoms with E-state index in [0.29, 0.717) is 13.1 Å². The van der Waals surface area contributed by atoms with Crippen molar-refractivity contribution in [1.29, 1.82) is 0 Å². The smallest absolute Gasteiger partial charge is 0.191 e. The van der Waals surface area contributed by atoms with Crippen LogP contribution in [0.3, 0.4) is 0 Å². The fourth-order valence-corrected chi connectivity index (χ4v) is 2.54. The second kappa shape index (κ2) is 8.06. The highest BCUT2D eigenvalue weighted by atomic mass is 127. The fraction of sp³-hybridized carbons (Fsp3) is 0.615. The Morgan fingerprint density at radius 1 is 1.47 bits per heavy atom. The fourth-order valence-electron chi connectivity index (χ4n) is 1.91. The van der Waals surface area contributed by atoms with Crippen LogP contribution in [0.15, 0.2) is 22.5 Å². The summed E-state index contributed by atoms with van der Waals surface area (Å²) in [5.41, 5.74) is -0.515. The van der Waals surface area contributed by atoms with Crippen LogP contribution in [0, 0.1) is 0 Å². The molecule has 3 N–H and O–H groups in total. The quantitative estimate of drug-likeness (QED) is 0.408. The summed E-state index contributed by atoms with van der Waals surface area (Å²) < 4.78 is 0. The number of halogens is 1. The number of nitrogens with zero attached hydrogens (tertiary/aromatic N) is 1. The zero-order valence-electron chi connectivity index (χ0n) is 11.2. The number of rotatable bonds is 5. The Morgan fingerprint density at radius 2 is 2.26 bits per heavy atom. The van der Waals surface area contributed by atoms with E-state index in [1.54, 1.807) is 11.3 Å². The van der Waals surface area contributed by atoms with Crippen LogP contribution in [0.4, 0.5) is 0 Å². The van der Waals surface area contributed by atoms with E-state index < -0.39 is 5.60 Å². The third-order valence-corrected chi connectivity index (χ3v) is 4.05. The van der Waals surface area contributed by atoms with E-state index in [1.165, 1.54) is 4.88 Å². The van der Waals surface area contributed by atoms with Crippen LogP contribution in [0.5, 0.6) is 0 Å². The zero-order valence-corrected chi connectivity index (χ0v) is 14.3. The summed E-state index contributed by atoms with van der Waals surface area (Å²) in [7, 11) is 0. The molecule has 0 radical (unpaired) electrons. The summed E-state index contributed by atoms with van der Waals surface area (Å²) in [5, 5.41) is 18.5. The number of nitrogens with one attached hydrogen (secondary N) is 2. The normalized spacial score (nSPS) is 17.3. The molecule has 0 aromatic carbocycles. The molecule has 1 aliphatic carbocycles. The Bertz CT molecular complexity index is 391. The summed E-state index contributed by atoms with van der Waals surface area (Å²) in [4.78, 5) is 5.76. The molecule has 0 saturated heterocycles. The Balaban J connectivity index is 0.00000180. The first-order valence-corrected chi connectivity index (χ1v) is 7.37. The summed E-state index contributed by atoms with van der Waals surface area (Å²) in [6.07, 6.45) is 2.91. The average molecular weight is 395 g/mol. The zero-order chi connectivity index (χ0) is 12.8. The molecule has 4 nitrogen and oxygen atoms in total. The average Bonchev–Trinajstić information content (AvgIpc) is 2.83. The largest absolute Gasteiger partial charge is 0.388 e. The van der Waals surface area contributed by atoms with Crippen LogP contribution in [-0.4, -0.2) is 29.8 Å². The van der Waals surface area contributed by atoms with Gasteiger partial charge in [0.15, 0.2) is 5.96 Å². The number of aliphatic hydroxyl groups is 1. The van der Waals surface area contributed by atoms with Gasteiger partial charge in [0, 0.05) is 18.0 Å². The van der Waals surface area contributed by atoms with E-state index in [0.717, 1.165) is 31.8 Å². The Morgan fingerprint density at radius 3 is 2.79 bits per heavy atom. The highest BCUT2D eigenvalue weighted by molar-refractivity contribution is 14.0. The lowest BCUT2D eigenvalue weighted by Crippen LogP contribution is -2.50. The second-order valence-corrected chi connectivity index (χ2v) is 5.74. The molecule has 108 valence electrons. The predicted octanol–water partition coefficient (Wildman–Crippen LogP) is 2.34. The Kier molecular flexibility index (Phi) is 7.09. The van der Waals surface area contributed by atoms with Gasteiger partial charge in [-0.25, -0.2) is 4.99 Å². The minimum Gasteiger partial charge on any atom is -0.388 e. The molecule has 0 bridgehead atoms. The summed E-state index contributed by atoms with van der Waals surface area (Å²) in [6, 6.07) is 4.12. The number of thiophene rings is 1. The van der Waals surface area contributed by atoms with Crippen LogP contribution in [0.2, 0.25) is 0 Å². The molecule has 0 spiro atoms. The highest BCUT2D eigenvalue weighted by Crippen LogP contribution is 2.30. The lowest BCUT2D eigenvalue weighted by molar-refractivity contribution is -0.0279. The molecule has 1 aromatic rings. The van der Waals surface area contributed by atoms with Gasteiger partial charge in [0.25, 0.3) is 0 Å². The SMILES string of the molecule is CCNC(=NCc1cccs1)NCC1(O)CCC1.I. The molecule has 19 heavy (non-hydrogen) atoms. The molecule has 0 atom stereocenters. The third kappa shape index (κ3) is 5.27. The lowest BCUT2D eigenvalue weighted by Gasteiger charge is -2.36. The number of hydrogen-bond acceptors (Lipinski definition) is 3. The first-order valence-electron chi connectivity index (χ1n) is 6.49. The molecule has 0 amide bonds. The van der Waals surface area contributed by atoms with Gasteiger partial charge in [-0.05, 0) is 37.6 Å². The second-order valence-electron chi connectivity index (χ2n) is 4.71. The molecule has 1 saturated carbocycles. The molecule has 0 aliphatic heterocycles. The molecule has 6 heteroatoms. The van der Waals surface area contributed by atoms with Crippen LogP contribution in [0.1, 0.15) is 31.1 Å². The summed E-state index contributed by atoms with van der Waals surface area (Å²) >= 11 is 1.71. The molecule has 2 rings (SSSR count). The number of guanidine groups is 1. The van der Waals surface area contributed by atoms with E-state index >= 15 is 0 Å². The van der Waals surface area contributed by atoms with Crippen molar-refractivity contribution < 1.29 is 5.11 Å². The van der Waals surface area contributed by atoms with Crippen molar-refractivity contribution in [3.63, 3.8) is 0 Å². The minimum atomic E-state index is -0.515. The van der Waals surface area contributed by atoms with Crippen molar-refractivity contribution in [3.8, 4) is 0 Å². The number of aliphatic imine (C=N–C) groups is 1.